The molecule has 0 aliphatic rings. The molecule has 2 aromatic rings. The van der Waals surface area contributed by atoms with E-state index in [-0.39, 0.29) is 0 Å². The van der Waals surface area contributed by atoms with Gasteiger partial charge in [-0.25, -0.2) is 0 Å². The number of aromatic nitrogens is 2. The van der Waals surface area contributed by atoms with E-state index in [1.807, 2.05) is 29.6 Å². The number of benzene rings is 1. The Morgan fingerprint density at radius 1 is 1.29 bits per heavy atom. The third kappa shape index (κ3) is 1.77. The summed E-state index contributed by atoms with van der Waals surface area (Å²) in [6.45, 7) is 0. The van der Waals surface area contributed by atoms with Crippen LogP contribution in [0.3, 0.4) is 0 Å². The minimum absolute atomic E-state index is 0.652. The van der Waals surface area contributed by atoms with E-state index in [1.54, 1.807) is 0 Å². The lowest BCUT2D eigenvalue weighted by Crippen LogP contribution is -1.92. The molecule has 0 saturated carbocycles. The third-order valence-electron chi connectivity index (χ3n) is 1.77. The van der Waals surface area contributed by atoms with Crippen molar-refractivity contribution in [2.45, 2.75) is 0 Å². The monoisotopic (exact) mass is 205 g/mol. The van der Waals surface area contributed by atoms with E-state index in [0.717, 1.165) is 16.9 Å². The molecule has 5 heteroatoms. The van der Waals surface area contributed by atoms with Crippen LogP contribution in [0.2, 0.25) is 0 Å². The maximum absolute atomic E-state index is 10.2. The number of nitrogens with zero attached hydrogens (tertiary/aromatic N) is 2. The Morgan fingerprint density at radius 2 is 2.07 bits per heavy atom. The molecule has 2 rings (SSSR count). The molecule has 1 aromatic heterocycles. The first-order valence-electron chi connectivity index (χ1n) is 3.98. The van der Waals surface area contributed by atoms with E-state index in [4.69, 9.17) is 0 Å². The second kappa shape index (κ2) is 3.97. The lowest BCUT2D eigenvalue weighted by Gasteiger charge is -1.99. The number of nitrogens with one attached hydrogen (secondary N) is 1. The van der Waals surface area contributed by atoms with Gasteiger partial charge in [-0.05, 0) is 23.7 Å². The van der Waals surface area contributed by atoms with Gasteiger partial charge < -0.3 is 5.32 Å². The van der Waals surface area contributed by atoms with E-state index in [0.29, 0.717) is 6.41 Å². The fourth-order valence-electron chi connectivity index (χ4n) is 1.10. The Bertz CT molecular complexity index is 410. The van der Waals surface area contributed by atoms with Crippen LogP contribution in [0, 0.1) is 0 Å². The van der Waals surface area contributed by atoms with Gasteiger partial charge in [0.1, 0.15) is 5.69 Å². The van der Waals surface area contributed by atoms with E-state index < -0.39 is 0 Å². The Labute approximate surface area is 84.8 Å². The van der Waals surface area contributed by atoms with Crippen LogP contribution in [0.4, 0.5) is 5.69 Å². The van der Waals surface area contributed by atoms with Crippen molar-refractivity contribution in [2.75, 3.05) is 5.32 Å². The van der Waals surface area contributed by atoms with E-state index in [2.05, 4.69) is 14.9 Å². The van der Waals surface area contributed by atoms with Gasteiger partial charge in [-0.15, -0.1) is 5.10 Å². The van der Waals surface area contributed by atoms with Crippen LogP contribution in [0.5, 0.6) is 0 Å². The van der Waals surface area contributed by atoms with E-state index in [1.165, 1.54) is 11.5 Å². The van der Waals surface area contributed by atoms with Gasteiger partial charge in [-0.3, -0.25) is 4.79 Å². The van der Waals surface area contributed by atoms with Crippen molar-refractivity contribution in [1.82, 2.24) is 9.59 Å². The van der Waals surface area contributed by atoms with Gasteiger partial charge in [-0.2, -0.15) is 0 Å². The lowest BCUT2D eigenvalue weighted by molar-refractivity contribution is -0.105. The topological polar surface area (TPSA) is 54.9 Å². The summed E-state index contributed by atoms with van der Waals surface area (Å²) in [6, 6.07) is 7.43. The maximum atomic E-state index is 10.2. The van der Waals surface area contributed by atoms with Crippen molar-refractivity contribution in [2.24, 2.45) is 0 Å². The number of amides is 1. The van der Waals surface area contributed by atoms with Gasteiger partial charge in [0.2, 0.25) is 6.41 Å². The number of anilines is 1. The molecule has 14 heavy (non-hydrogen) atoms. The Morgan fingerprint density at radius 3 is 2.64 bits per heavy atom. The normalized spacial score (nSPS) is 9.71. The van der Waals surface area contributed by atoms with Crippen LogP contribution in [0.1, 0.15) is 0 Å². The van der Waals surface area contributed by atoms with Crippen molar-refractivity contribution in [3.63, 3.8) is 0 Å². The summed E-state index contributed by atoms with van der Waals surface area (Å²) in [5.41, 5.74) is 2.62. The SMILES string of the molecule is O=CNc1ccc(-c2csnn2)cc1. The van der Waals surface area contributed by atoms with Crippen LogP contribution in [0.15, 0.2) is 29.6 Å². The summed E-state index contributed by atoms with van der Waals surface area (Å²) in [5, 5.41) is 8.38. The van der Waals surface area contributed by atoms with Gasteiger partial charge in [0.15, 0.2) is 0 Å². The molecule has 1 aromatic carbocycles. The number of hydrogen-bond acceptors (Lipinski definition) is 4. The smallest absolute Gasteiger partial charge is 0.211 e. The molecule has 0 unspecified atom stereocenters. The van der Waals surface area contributed by atoms with E-state index >= 15 is 0 Å². The second-order valence-electron chi connectivity index (χ2n) is 2.63. The number of carbonyl (C=O) groups excluding carboxylic acids is 1. The first kappa shape index (κ1) is 8.83. The molecule has 0 bridgehead atoms. The predicted molar refractivity (Wildman–Crippen MR) is 55.0 cm³/mol. The van der Waals surface area contributed by atoms with Crippen molar-refractivity contribution >= 4 is 23.6 Å². The Hall–Kier alpha value is -1.75. The molecular formula is C9H7N3OS. The highest BCUT2D eigenvalue weighted by atomic mass is 32.1. The van der Waals surface area contributed by atoms with Gasteiger partial charge in [-0.1, -0.05) is 16.6 Å². The zero-order chi connectivity index (χ0) is 9.80. The molecule has 4 nitrogen and oxygen atoms in total. The van der Waals surface area contributed by atoms with Gasteiger partial charge >= 0.3 is 0 Å². The summed E-state index contributed by atoms with van der Waals surface area (Å²) in [7, 11) is 0. The van der Waals surface area contributed by atoms with Crippen LogP contribution in [-0.2, 0) is 4.79 Å². The molecule has 0 radical (unpaired) electrons. The van der Waals surface area contributed by atoms with Crippen LogP contribution < -0.4 is 5.32 Å². The number of carbonyl (C=O) groups is 1. The highest BCUT2D eigenvalue weighted by Crippen LogP contribution is 2.19. The summed E-state index contributed by atoms with van der Waals surface area (Å²) < 4.78 is 3.78. The fraction of sp³-hybridized carbons (Fsp3) is 0. The molecule has 0 aliphatic heterocycles. The summed E-state index contributed by atoms with van der Waals surface area (Å²) in [5.74, 6) is 0. The molecule has 0 aliphatic carbocycles. The molecular weight excluding hydrogens is 198 g/mol. The fourth-order valence-corrected chi connectivity index (χ4v) is 1.56. The zero-order valence-corrected chi connectivity index (χ0v) is 7.99. The second-order valence-corrected chi connectivity index (χ2v) is 3.24. The highest BCUT2D eigenvalue weighted by molar-refractivity contribution is 7.03. The molecule has 0 spiro atoms. The Balaban J connectivity index is 2.26. The number of rotatable bonds is 3. The lowest BCUT2D eigenvalue weighted by atomic mass is 10.1. The van der Waals surface area contributed by atoms with Crippen molar-refractivity contribution < 1.29 is 4.79 Å². The highest BCUT2D eigenvalue weighted by Gasteiger charge is 1.99. The van der Waals surface area contributed by atoms with Gasteiger partial charge in [0.05, 0.1) is 0 Å². The largest absolute Gasteiger partial charge is 0.329 e. The zero-order valence-electron chi connectivity index (χ0n) is 7.18. The molecule has 0 saturated heterocycles. The molecule has 1 heterocycles. The summed E-state index contributed by atoms with van der Waals surface area (Å²) >= 11 is 1.32. The van der Waals surface area contributed by atoms with Crippen molar-refractivity contribution in [3.05, 3.63) is 29.6 Å². The summed E-state index contributed by atoms with van der Waals surface area (Å²) in [6.07, 6.45) is 0.652. The minimum Gasteiger partial charge on any atom is -0.329 e. The van der Waals surface area contributed by atoms with Crippen molar-refractivity contribution in [3.8, 4) is 11.3 Å². The molecule has 1 N–H and O–H groups in total. The van der Waals surface area contributed by atoms with Gasteiger partial charge in [0.25, 0.3) is 0 Å². The quantitative estimate of drug-likeness (QED) is 0.777. The van der Waals surface area contributed by atoms with Crippen LogP contribution in [-0.4, -0.2) is 16.0 Å². The van der Waals surface area contributed by atoms with Crippen LogP contribution in [0.25, 0.3) is 11.3 Å². The Kier molecular flexibility index (Phi) is 2.51. The first-order valence-corrected chi connectivity index (χ1v) is 4.81. The average molecular weight is 205 g/mol. The van der Waals surface area contributed by atoms with E-state index in [9.17, 15) is 4.79 Å². The van der Waals surface area contributed by atoms with Crippen LogP contribution >= 0.6 is 11.5 Å². The third-order valence-corrected chi connectivity index (χ3v) is 2.27. The standard InChI is InChI=1S/C9H7N3OS/c13-6-10-8-3-1-7(2-4-8)9-5-14-12-11-9/h1-6H,(H,10,13). The summed E-state index contributed by atoms with van der Waals surface area (Å²) in [4.78, 5) is 10.2. The molecule has 1 amide bonds. The predicted octanol–water partition coefficient (Wildman–Crippen LogP) is 1.77. The molecule has 70 valence electrons. The van der Waals surface area contributed by atoms with Crippen molar-refractivity contribution in [1.29, 1.82) is 0 Å². The average Bonchev–Trinajstić information content (AvgIpc) is 2.72. The van der Waals surface area contributed by atoms with Gasteiger partial charge in [0, 0.05) is 16.6 Å². The maximum Gasteiger partial charge on any atom is 0.211 e. The molecule has 0 atom stereocenters. The minimum atomic E-state index is 0.652. The number of hydrogen-bond donors (Lipinski definition) is 1. The molecule has 0 fully saturated rings. The first-order chi connectivity index (χ1) is 6.90.